The fourth-order valence-corrected chi connectivity index (χ4v) is 4.40. The summed E-state index contributed by atoms with van der Waals surface area (Å²) in [6.45, 7) is 4.37. The molecule has 1 aromatic heterocycles. The van der Waals surface area contributed by atoms with E-state index < -0.39 is 6.04 Å². The van der Waals surface area contributed by atoms with Gasteiger partial charge in [0.25, 0.3) is 5.89 Å². The van der Waals surface area contributed by atoms with E-state index in [1.165, 1.54) is 24.3 Å². The second-order valence-electron chi connectivity index (χ2n) is 8.43. The molecule has 35 heavy (non-hydrogen) atoms. The lowest BCUT2D eigenvalue weighted by Gasteiger charge is -2.37. The van der Waals surface area contributed by atoms with E-state index in [0.717, 1.165) is 33.5 Å². The van der Waals surface area contributed by atoms with Crippen molar-refractivity contribution >= 4 is 22.9 Å². The average molecular weight is 489 g/mol. The minimum absolute atomic E-state index is 0.299. The van der Waals surface area contributed by atoms with E-state index in [2.05, 4.69) is 15.5 Å². The van der Waals surface area contributed by atoms with Crippen LogP contribution in [0.25, 0.3) is 17.0 Å². The van der Waals surface area contributed by atoms with E-state index in [-0.39, 0.29) is 11.6 Å². The van der Waals surface area contributed by atoms with E-state index >= 15 is 0 Å². The Labute approximate surface area is 207 Å². The van der Waals surface area contributed by atoms with Gasteiger partial charge in [0.15, 0.2) is 5.11 Å². The molecule has 4 aromatic rings. The van der Waals surface area contributed by atoms with Crippen LogP contribution in [-0.4, -0.2) is 20.2 Å². The van der Waals surface area contributed by atoms with E-state index in [1.54, 1.807) is 24.3 Å². The lowest BCUT2D eigenvalue weighted by molar-refractivity contribution is 0.396. The highest BCUT2D eigenvalue weighted by Crippen LogP contribution is 2.38. The molecule has 8 heteroatoms. The Morgan fingerprint density at radius 1 is 0.914 bits per heavy atom. The van der Waals surface area contributed by atoms with Crippen LogP contribution in [0, 0.1) is 18.6 Å². The van der Waals surface area contributed by atoms with Gasteiger partial charge in [-0.1, -0.05) is 59.3 Å². The quantitative estimate of drug-likeness (QED) is 0.338. The zero-order chi connectivity index (χ0) is 24.5. The van der Waals surface area contributed by atoms with Crippen LogP contribution in [0.2, 0.25) is 0 Å². The molecular formula is C27H22F2N4OS. The third-order valence-electron chi connectivity index (χ3n) is 6.02. The molecule has 5 nitrogen and oxygen atoms in total. The van der Waals surface area contributed by atoms with E-state index in [1.807, 2.05) is 43.0 Å². The normalized spacial score (nSPS) is 15.9. The van der Waals surface area contributed by atoms with Crippen molar-refractivity contribution in [2.75, 3.05) is 0 Å². The minimum atomic E-state index is -0.418. The summed E-state index contributed by atoms with van der Waals surface area (Å²) < 4.78 is 32.8. The lowest BCUT2D eigenvalue weighted by Crippen LogP contribution is -2.45. The first-order chi connectivity index (χ1) is 16.9. The molecule has 2 heterocycles. The molecule has 0 saturated carbocycles. The maximum Gasteiger partial charge on any atom is 0.258 e. The van der Waals surface area contributed by atoms with Gasteiger partial charge in [-0.05, 0) is 61.5 Å². The minimum Gasteiger partial charge on any atom is -0.351 e. The molecule has 1 unspecified atom stereocenters. The van der Waals surface area contributed by atoms with Crippen LogP contribution in [-0.2, 0) is 6.54 Å². The highest BCUT2D eigenvalue weighted by atomic mass is 32.1. The van der Waals surface area contributed by atoms with Gasteiger partial charge in [-0.25, -0.2) is 8.78 Å². The van der Waals surface area contributed by atoms with Crippen LogP contribution >= 0.6 is 12.2 Å². The first kappa shape index (κ1) is 22.9. The number of halogens is 2. The van der Waals surface area contributed by atoms with Gasteiger partial charge < -0.3 is 14.7 Å². The van der Waals surface area contributed by atoms with Crippen molar-refractivity contribution in [2.24, 2.45) is 0 Å². The van der Waals surface area contributed by atoms with Crippen molar-refractivity contribution in [3.8, 4) is 11.4 Å². The number of nitrogens with one attached hydrogen (secondary N) is 1. The summed E-state index contributed by atoms with van der Waals surface area (Å²) in [6, 6.07) is 19.9. The van der Waals surface area contributed by atoms with Crippen LogP contribution in [0.4, 0.5) is 8.78 Å². The van der Waals surface area contributed by atoms with E-state index in [4.69, 9.17) is 16.7 Å². The summed E-state index contributed by atoms with van der Waals surface area (Å²) in [5, 5.41) is 8.04. The third kappa shape index (κ3) is 4.70. The monoisotopic (exact) mass is 488 g/mol. The summed E-state index contributed by atoms with van der Waals surface area (Å²) in [4.78, 5) is 6.60. The van der Waals surface area contributed by atoms with E-state index in [9.17, 15) is 8.78 Å². The van der Waals surface area contributed by atoms with Crippen LogP contribution in [0.15, 0.2) is 83.0 Å². The molecular weight excluding hydrogens is 466 g/mol. The van der Waals surface area contributed by atoms with Crippen molar-refractivity contribution in [1.29, 1.82) is 0 Å². The molecule has 0 bridgehead atoms. The van der Waals surface area contributed by atoms with Crippen molar-refractivity contribution in [3.05, 3.63) is 113 Å². The third-order valence-corrected chi connectivity index (χ3v) is 6.36. The van der Waals surface area contributed by atoms with Gasteiger partial charge >= 0.3 is 0 Å². The van der Waals surface area contributed by atoms with Gasteiger partial charge in [0.05, 0.1) is 11.6 Å². The predicted molar refractivity (Wildman–Crippen MR) is 134 cm³/mol. The number of rotatable bonds is 5. The number of aryl methyl sites for hydroxylation is 1. The summed E-state index contributed by atoms with van der Waals surface area (Å²) >= 11 is 5.69. The van der Waals surface area contributed by atoms with Gasteiger partial charge in [-0.3, -0.25) is 0 Å². The fourth-order valence-electron chi connectivity index (χ4n) is 4.08. The largest absolute Gasteiger partial charge is 0.351 e. The Bertz CT molecular complexity index is 1400. The Kier molecular flexibility index (Phi) is 6.13. The number of hydrogen-bond acceptors (Lipinski definition) is 4. The first-order valence-corrected chi connectivity index (χ1v) is 11.5. The molecule has 5 rings (SSSR count). The molecule has 1 aliphatic rings. The first-order valence-electron chi connectivity index (χ1n) is 11.1. The lowest BCUT2D eigenvalue weighted by atomic mass is 9.94. The second kappa shape index (κ2) is 9.38. The maximum atomic E-state index is 13.6. The van der Waals surface area contributed by atoms with Gasteiger partial charge in [0.1, 0.15) is 11.6 Å². The Hall–Kier alpha value is -3.91. The number of hydrogen-bond donors (Lipinski definition) is 1. The maximum absolute atomic E-state index is 13.6. The topological polar surface area (TPSA) is 54.2 Å². The highest BCUT2D eigenvalue weighted by Gasteiger charge is 2.34. The Balaban J connectivity index is 1.58. The molecule has 0 radical (unpaired) electrons. The Morgan fingerprint density at radius 3 is 2.20 bits per heavy atom. The van der Waals surface area contributed by atoms with Gasteiger partial charge in [-0.2, -0.15) is 4.98 Å². The molecule has 3 aromatic carbocycles. The summed E-state index contributed by atoms with van der Waals surface area (Å²) in [5.41, 5.74) is 5.21. The van der Waals surface area contributed by atoms with Crippen molar-refractivity contribution in [3.63, 3.8) is 0 Å². The summed E-state index contributed by atoms with van der Waals surface area (Å²) in [7, 11) is 0. The summed E-state index contributed by atoms with van der Waals surface area (Å²) in [5.74, 6) is 0.182. The van der Waals surface area contributed by atoms with Crippen molar-refractivity contribution < 1.29 is 13.3 Å². The van der Waals surface area contributed by atoms with Crippen LogP contribution in [0.3, 0.4) is 0 Å². The zero-order valence-electron chi connectivity index (χ0n) is 19.1. The van der Waals surface area contributed by atoms with Crippen LogP contribution < -0.4 is 5.32 Å². The zero-order valence-corrected chi connectivity index (χ0v) is 19.9. The molecule has 0 fully saturated rings. The van der Waals surface area contributed by atoms with Gasteiger partial charge in [0, 0.05) is 17.8 Å². The molecule has 0 aliphatic carbocycles. The second-order valence-corrected chi connectivity index (χ2v) is 8.82. The predicted octanol–water partition coefficient (Wildman–Crippen LogP) is 6.19. The van der Waals surface area contributed by atoms with Gasteiger partial charge in [-0.15, -0.1) is 0 Å². The smallest absolute Gasteiger partial charge is 0.258 e. The molecule has 1 atom stereocenters. The molecule has 0 amide bonds. The number of thiocarbonyl (C=S) groups is 1. The number of allylic oxidation sites excluding steroid dienone is 1. The number of nitrogens with zero attached hydrogens (tertiary/aromatic N) is 3. The molecule has 0 saturated heterocycles. The van der Waals surface area contributed by atoms with Crippen molar-refractivity contribution in [2.45, 2.75) is 26.4 Å². The van der Waals surface area contributed by atoms with Crippen LogP contribution in [0.5, 0.6) is 0 Å². The standard InChI is InChI=1S/C27H22F2N4OS/c1-16-3-7-20(8-4-16)25-31-26(34-32-25)23-17(2)33(15-18-5-11-21(28)12-6-18)27(35)30-24(23)19-9-13-22(29)14-10-19/h3-14,24H,15H2,1-2H3,(H,30,35). The van der Waals surface area contributed by atoms with E-state index in [0.29, 0.717) is 23.4 Å². The summed E-state index contributed by atoms with van der Waals surface area (Å²) in [6.07, 6.45) is 0. The fraction of sp³-hybridized carbons (Fsp3) is 0.148. The molecule has 176 valence electrons. The molecule has 1 aliphatic heterocycles. The molecule has 1 N–H and O–H groups in total. The van der Waals surface area contributed by atoms with Crippen molar-refractivity contribution in [1.82, 2.24) is 20.4 Å². The van der Waals surface area contributed by atoms with Gasteiger partial charge in [0.2, 0.25) is 5.82 Å². The highest BCUT2D eigenvalue weighted by molar-refractivity contribution is 7.80. The molecule has 0 spiro atoms. The SMILES string of the molecule is CC1=C(c2nc(-c3ccc(C)cc3)no2)C(c2ccc(F)cc2)NC(=S)N1Cc1ccc(F)cc1. The number of aromatic nitrogens is 2. The average Bonchev–Trinajstić information content (AvgIpc) is 3.33. The van der Waals surface area contributed by atoms with Crippen LogP contribution in [0.1, 0.15) is 35.5 Å². The number of benzene rings is 3. The Morgan fingerprint density at radius 2 is 1.54 bits per heavy atom.